The first-order valence-corrected chi connectivity index (χ1v) is 6.20. The fourth-order valence-corrected chi connectivity index (χ4v) is 2.34. The van der Waals surface area contributed by atoms with Crippen molar-refractivity contribution in [2.75, 3.05) is 24.5 Å². The quantitative estimate of drug-likeness (QED) is 0.790. The molecule has 0 radical (unpaired) electrons. The number of carbonyl (C=O) groups excluding carboxylic acids is 1. The molecule has 0 aromatic heterocycles. The van der Waals surface area contributed by atoms with E-state index in [0.29, 0.717) is 18.8 Å². The molecule has 1 amide bonds. The molecule has 1 fully saturated rings. The van der Waals surface area contributed by atoms with Gasteiger partial charge >= 0.3 is 0 Å². The van der Waals surface area contributed by atoms with Gasteiger partial charge in [-0.2, -0.15) is 0 Å². The van der Waals surface area contributed by atoms with E-state index in [-0.39, 0.29) is 5.91 Å². The number of nitrogens with zero attached hydrogens (tertiary/aromatic N) is 2. The molecule has 1 saturated heterocycles. The molecule has 0 spiro atoms. The summed E-state index contributed by atoms with van der Waals surface area (Å²) >= 11 is 0. The van der Waals surface area contributed by atoms with Crippen LogP contribution in [0.15, 0.2) is 36.4 Å². The lowest BCUT2D eigenvalue weighted by molar-refractivity contribution is -0.118. The van der Waals surface area contributed by atoms with Crippen LogP contribution in [0.1, 0.15) is 0 Å². The Morgan fingerprint density at radius 1 is 1.16 bits per heavy atom. The zero-order valence-corrected chi connectivity index (χ0v) is 10.4. The number of amides is 1. The normalized spacial score (nSPS) is 15.5. The Hall–Kier alpha value is -2.38. The predicted octanol–water partition coefficient (Wildman–Crippen LogP) is 2.33. The van der Waals surface area contributed by atoms with Crippen LogP contribution in [-0.4, -0.2) is 25.5 Å². The van der Waals surface area contributed by atoms with Crippen molar-refractivity contribution in [2.24, 2.45) is 0 Å². The third-order valence-corrected chi connectivity index (χ3v) is 3.34. The van der Waals surface area contributed by atoms with E-state index in [2.05, 4.69) is 10.2 Å². The first kappa shape index (κ1) is 11.7. The highest BCUT2D eigenvalue weighted by Gasteiger charge is 2.19. The first-order valence-electron chi connectivity index (χ1n) is 6.20. The Morgan fingerprint density at radius 3 is 2.79 bits per heavy atom. The van der Waals surface area contributed by atoms with Crippen LogP contribution in [0.25, 0.3) is 15.6 Å². The molecule has 0 unspecified atom stereocenters. The molecular formula is C15H13N3O. The molecule has 94 valence electrons. The van der Waals surface area contributed by atoms with E-state index in [1.165, 1.54) is 0 Å². The van der Waals surface area contributed by atoms with Gasteiger partial charge in [-0.15, -0.1) is 0 Å². The van der Waals surface area contributed by atoms with Gasteiger partial charge < -0.3 is 10.2 Å². The topological polar surface area (TPSA) is 36.7 Å². The van der Waals surface area contributed by atoms with E-state index in [9.17, 15) is 4.79 Å². The van der Waals surface area contributed by atoms with Gasteiger partial charge in [-0.1, -0.05) is 18.2 Å². The van der Waals surface area contributed by atoms with Gasteiger partial charge in [0.2, 0.25) is 5.91 Å². The number of nitrogens with one attached hydrogen (secondary N) is 1. The largest absolute Gasteiger partial charge is 0.310 e. The highest BCUT2D eigenvalue weighted by Crippen LogP contribution is 2.26. The number of anilines is 1. The van der Waals surface area contributed by atoms with E-state index in [1.54, 1.807) is 4.90 Å². The zero-order valence-electron chi connectivity index (χ0n) is 10.4. The van der Waals surface area contributed by atoms with Crippen LogP contribution in [0.2, 0.25) is 0 Å². The molecule has 4 nitrogen and oxygen atoms in total. The standard InChI is InChI=1S/C15H13N3O/c1-16-13-4-2-11-3-5-14(9-12(11)8-13)18-7-6-17-10-15(18)19/h2-5,8-9,17H,6-7,10H2. The van der Waals surface area contributed by atoms with Crippen LogP contribution in [-0.2, 0) is 4.79 Å². The van der Waals surface area contributed by atoms with Crippen LogP contribution in [0.3, 0.4) is 0 Å². The van der Waals surface area contributed by atoms with E-state index >= 15 is 0 Å². The number of piperazine rings is 1. The Bertz CT molecular complexity index is 687. The van der Waals surface area contributed by atoms with Gasteiger partial charge in [0.25, 0.3) is 0 Å². The van der Waals surface area contributed by atoms with E-state index in [4.69, 9.17) is 6.57 Å². The SMILES string of the molecule is [C-]#[N+]c1ccc2ccc(N3CCNCC3=O)cc2c1. The molecule has 0 bridgehead atoms. The summed E-state index contributed by atoms with van der Waals surface area (Å²) in [7, 11) is 0. The number of hydrogen-bond donors (Lipinski definition) is 1. The molecule has 1 aliphatic heterocycles. The maximum atomic E-state index is 11.9. The van der Waals surface area contributed by atoms with Crippen LogP contribution >= 0.6 is 0 Å². The molecule has 4 heteroatoms. The number of rotatable bonds is 1. The minimum atomic E-state index is 0.0898. The molecule has 1 aliphatic rings. The second-order valence-electron chi connectivity index (χ2n) is 4.55. The minimum Gasteiger partial charge on any atom is -0.310 e. The van der Waals surface area contributed by atoms with Crippen molar-refractivity contribution in [1.29, 1.82) is 0 Å². The summed E-state index contributed by atoms with van der Waals surface area (Å²) in [5, 5.41) is 5.14. The van der Waals surface area contributed by atoms with Crippen molar-refractivity contribution < 1.29 is 4.79 Å². The molecule has 1 heterocycles. The van der Waals surface area contributed by atoms with Gasteiger partial charge in [-0.25, -0.2) is 4.85 Å². The number of benzene rings is 2. The molecule has 2 aromatic rings. The average Bonchev–Trinajstić information content (AvgIpc) is 2.46. The fraction of sp³-hybridized carbons (Fsp3) is 0.200. The number of fused-ring (bicyclic) bond motifs is 1. The third kappa shape index (κ3) is 2.16. The summed E-state index contributed by atoms with van der Waals surface area (Å²) in [5.74, 6) is 0.0898. The van der Waals surface area contributed by atoms with E-state index < -0.39 is 0 Å². The highest BCUT2D eigenvalue weighted by molar-refractivity contribution is 5.98. The summed E-state index contributed by atoms with van der Waals surface area (Å²) in [4.78, 5) is 17.1. The molecule has 3 rings (SSSR count). The molecule has 0 atom stereocenters. The zero-order chi connectivity index (χ0) is 13.2. The number of hydrogen-bond acceptors (Lipinski definition) is 2. The summed E-state index contributed by atoms with van der Waals surface area (Å²) in [5.41, 5.74) is 1.53. The second-order valence-corrected chi connectivity index (χ2v) is 4.55. The summed E-state index contributed by atoms with van der Waals surface area (Å²) in [6.07, 6.45) is 0. The van der Waals surface area contributed by atoms with Crippen molar-refractivity contribution in [3.8, 4) is 0 Å². The average molecular weight is 251 g/mol. The van der Waals surface area contributed by atoms with Gasteiger partial charge in [0, 0.05) is 18.8 Å². The van der Waals surface area contributed by atoms with Crippen molar-refractivity contribution in [3.05, 3.63) is 47.8 Å². The van der Waals surface area contributed by atoms with E-state index in [1.807, 2.05) is 36.4 Å². The lowest BCUT2D eigenvalue weighted by atomic mass is 10.1. The fourth-order valence-electron chi connectivity index (χ4n) is 2.34. The minimum absolute atomic E-state index is 0.0898. The Kier molecular flexibility index (Phi) is 2.90. The summed E-state index contributed by atoms with van der Waals surface area (Å²) in [6, 6.07) is 11.5. The molecule has 19 heavy (non-hydrogen) atoms. The van der Waals surface area contributed by atoms with Crippen LogP contribution < -0.4 is 10.2 Å². The van der Waals surface area contributed by atoms with Gasteiger partial charge in [-0.3, -0.25) is 4.79 Å². The van der Waals surface area contributed by atoms with Crippen molar-refractivity contribution in [1.82, 2.24) is 5.32 Å². The molecule has 2 aromatic carbocycles. The van der Waals surface area contributed by atoms with E-state index in [0.717, 1.165) is 23.0 Å². The highest BCUT2D eigenvalue weighted by atomic mass is 16.2. The van der Waals surface area contributed by atoms with Crippen molar-refractivity contribution >= 4 is 28.1 Å². The monoisotopic (exact) mass is 251 g/mol. The molecule has 0 saturated carbocycles. The van der Waals surface area contributed by atoms with Crippen LogP contribution in [0.4, 0.5) is 11.4 Å². The van der Waals surface area contributed by atoms with Crippen LogP contribution in [0.5, 0.6) is 0 Å². The Balaban J connectivity index is 2.05. The summed E-state index contributed by atoms with van der Waals surface area (Å²) in [6.45, 7) is 8.94. The summed E-state index contributed by atoms with van der Waals surface area (Å²) < 4.78 is 0. The van der Waals surface area contributed by atoms with Gasteiger partial charge in [0.15, 0.2) is 5.69 Å². The third-order valence-electron chi connectivity index (χ3n) is 3.34. The van der Waals surface area contributed by atoms with Gasteiger partial charge in [0.1, 0.15) is 0 Å². The van der Waals surface area contributed by atoms with Gasteiger partial charge in [0.05, 0.1) is 13.1 Å². The predicted molar refractivity (Wildman–Crippen MR) is 75.4 cm³/mol. The second kappa shape index (κ2) is 4.71. The maximum Gasteiger partial charge on any atom is 0.240 e. The van der Waals surface area contributed by atoms with Crippen molar-refractivity contribution in [3.63, 3.8) is 0 Å². The van der Waals surface area contributed by atoms with Crippen molar-refractivity contribution in [2.45, 2.75) is 0 Å². The smallest absolute Gasteiger partial charge is 0.240 e. The lowest BCUT2D eigenvalue weighted by Gasteiger charge is -2.27. The number of carbonyl (C=O) groups is 1. The molecule has 0 aliphatic carbocycles. The molecular weight excluding hydrogens is 238 g/mol. The lowest BCUT2D eigenvalue weighted by Crippen LogP contribution is -2.48. The first-order chi connectivity index (χ1) is 9.28. The molecule has 1 N–H and O–H groups in total. The Morgan fingerprint density at radius 2 is 2.00 bits per heavy atom. The Labute approximate surface area is 111 Å². The van der Waals surface area contributed by atoms with Gasteiger partial charge in [-0.05, 0) is 29.0 Å². The van der Waals surface area contributed by atoms with Crippen LogP contribution in [0, 0.1) is 6.57 Å². The maximum absolute atomic E-state index is 11.9.